The van der Waals surface area contributed by atoms with E-state index in [0.29, 0.717) is 12.2 Å². The van der Waals surface area contributed by atoms with Gasteiger partial charge in [-0.25, -0.2) is 4.98 Å². The van der Waals surface area contributed by atoms with E-state index >= 15 is 0 Å². The van der Waals surface area contributed by atoms with E-state index in [2.05, 4.69) is 40.7 Å². The Hall–Kier alpha value is -4.23. The monoisotopic (exact) mass is 468 g/mol. The van der Waals surface area contributed by atoms with Gasteiger partial charge in [0.15, 0.2) is 0 Å². The minimum Gasteiger partial charge on any atom is -0.481 e. The largest absolute Gasteiger partial charge is 0.481 e. The van der Waals surface area contributed by atoms with Gasteiger partial charge in [0.05, 0.1) is 11.0 Å². The number of nitrogens with two attached hydrogens (primary N) is 1. The molecule has 3 aromatic carbocycles. The maximum absolute atomic E-state index is 13.2. The van der Waals surface area contributed by atoms with Crippen molar-refractivity contribution < 1.29 is 9.90 Å². The standard InChI is InChI=1S/C26H24N4O.C2H4O2/c1-17-23(20-11-5-6-14-22(20)30(17)16-8-15-27)25-26(31)28-21-13-7-12-19(24(21)29-25)18-9-3-2-4-10-18;1-2(3)4/h2-7,9-14H,8,15-16,27H2,1H3,(H,28,31);1H3,(H,3,4). The number of aryl methyl sites for hydroxylation is 1. The number of carbonyl (C=O) groups is 1. The van der Waals surface area contributed by atoms with Crippen LogP contribution in [0, 0.1) is 6.92 Å². The maximum atomic E-state index is 13.2. The van der Waals surface area contributed by atoms with Crippen molar-refractivity contribution in [3.05, 3.63) is 88.8 Å². The molecule has 0 spiro atoms. The van der Waals surface area contributed by atoms with E-state index in [0.717, 1.165) is 64.2 Å². The summed E-state index contributed by atoms with van der Waals surface area (Å²) in [6.07, 6.45) is 0.874. The second-order valence-corrected chi connectivity index (χ2v) is 8.27. The molecule has 0 aliphatic heterocycles. The van der Waals surface area contributed by atoms with E-state index < -0.39 is 5.97 Å². The normalized spacial score (nSPS) is 10.8. The lowest BCUT2D eigenvalue weighted by molar-refractivity contribution is -0.134. The van der Waals surface area contributed by atoms with Crippen LogP contribution in [-0.4, -0.2) is 32.2 Å². The minimum absolute atomic E-state index is 0.178. The topological polar surface area (TPSA) is 114 Å². The van der Waals surface area contributed by atoms with Gasteiger partial charge in [-0.1, -0.05) is 60.7 Å². The van der Waals surface area contributed by atoms with E-state index in [4.69, 9.17) is 20.6 Å². The van der Waals surface area contributed by atoms with Crippen molar-refractivity contribution in [2.45, 2.75) is 26.8 Å². The molecule has 0 fully saturated rings. The molecule has 7 heteroatoms. The van der Waals surface area contributed by atoms with Gasteiger partial charge in [-0.15, -0.1) is 0 Å². The fraction of sp³-hybridized carbons (Fsp3) is 0.179. The number of aliphatic carboxylic acids is 1. The molecule has 5 rings (SSSR count). The van der Waals surface area contributed by atoms with Crippen molar-refractivity contribution in [1.29, 1.82) is 0 Å². The van der Waals surface area contributed by atoms with Gasteiger partial charge in [0.1, 0.15) is 5.69 Å². The van der Waals surface area contributed by atoms with Crippen LogP contribution in [0.5, 0.6) is 0 Å². The van der Waals surface area contributed by atoms with E-state index in [1.165, 1.54) is 0 Å². The first-order valence-corrected chi connectivity index (χ1v) is 11.5. The number of nitrogens with zero attached hydrogens (tertiary/aromatic N) is 2. The molecule has 0 amide bonds. The number of carboxylic acid groups (broad SMARTS) is 1. The number of hydrogen-bond donors (Lipinski definition) is 3. The summed E-state index contributed by atoms with van der Waals surface area (Å²) in [4.78, 5) is 30.2. The number of benzene rings is 3. The fourth-order valence-electron chi connectivity index (χ4n) is 4.40. The van der Waals surface area contributed by atoms with Crippen molar-refractivity contribution in [2.24, 2.45) is 5.73 Å². The molecule has 178 valence electrons. The lowest BCUT2D eigenvalue weighted by Gasteiger charge is -2.09. The van der Waals surface area contributed by atoms with Crippen LogP contribution in [0.4, 0.5) is 0 Å². The minimum atomic E-state index is -0.833. The molecule has 0 bridgehead atoms. The van der Waals surface area contributed by atoms with Crippen LogP contribution >= 0.6 is 0 Å². The highest BCUT2D eigenvalue weighted by atomic mass is 16.4. The lowest BCUT2D eigenvalue weighted by Crippen LogP contribution is -2.13. The Bertz CT molecular complexity index is 1550. The van der Waals surface area contributed by atoms with Crippen LogP contribution < -0.4 is 11.3 Å². The van der Waals surface area contributed by atoms with Crippen molar-refractivity contribution in [2.75, 3.05) is 6.54 Å². The van der Waals surface area contributed by atoms with Crippen LogP contribution in [0.1, 0.15) is 19.0 Å². The highest BCUT2D eigenvalue weighted by Crippen LogP contribution is 2.34. The highest BCUT2D eigenvalue weighted by molar-refractivity contribution is 5.99. The molecule has 0 saturated heterocycles. The van der Waals surface area contributed by atoms with Crippen LogP contribution in [0.25, 0.3) is 44.3 Å². The number of fused-ring (bicyclic) bond motifs is 2. The molecule has 4 N–H and O–H groups in total. The Morgan fingerprint density at radius 2 is 1.71 bits per heavy atom. The van der Waals surface area contributed by atoms with Gasteiger partial charge in [-0.2, -0.15) is 0 Å². The smallest absolute Gasteiger partial charge is 0.300 e. The molecular weight excluding hydrogens is 440 g/mol. The predicted octanol–water partition coefficient (Wildman–Crippen LogP) is 4.96. The molecule has 0 unspecified atom stereocenters. The quantitative estimate of drug-likeness (QED) is 0.337. The zero-order valence-corrected chi connectivity index (χ0v) is 19.8. The SMILES string of the molecule is CC(=O)O.Cc1c(-c2nc3c(-c4ccccc4)cccc3[nH]c2=O)c2ccccc2n1CCCN. The third-order valence-corrected chi connectivity index (χ3v) is 5.86. The molecule has 0 atom stereocenters. The number of para-hydroxylation sites is 2. The Morgan fingerprint density at radius 3 is 2.43 bits per heavy atom. The highest BCUT2D eigenvalue weighted by Gasteiger charge is 2.20. The third-order valence-electron chi connectivity index (χ3n) is 5.86. The van der Waals surface area contributed by atoms with Gasteiger partial charge >= 0.3 is 0 Å². The van der Waals surface area contributed by atoms with E-state index in [1.54, 1.807) is 0 Å². The van der Waals surface area contributed by atoms with Crippen molar-refractivity contribution in [3.63, 3.8) is 0 Å². The summed E-state index contributed by atoms with van der Waals surface area (Å²) in [5, 5.41) is 8.45. The van der Waals surface area contributed by atoms with Crippen LogP contribution in [0.3, 0.4) is 0 Å². The van der Waals surface area contributed by atoms with Gasteiger partial charge in [-0.3, -0.25) is 9.59 Å². The average Bonchev–Trinajstić information content (AvgIpc) is 3.13. The number of hydrogen-bond acceptors (Lipinski definition) is 4. The summed E-state index contributed by atoms with van der Waals surface area (Å²) < 4.78 is 2.24. The summed E-state index contributed by atoms with van der Waals surface area (Å²) in [6.45, 7) is 4.57. The van der Waals surface area contributed by atoms with Crippen molar-refractivity contribution in [1.82, 2.24) is 14.5 Å². The molecule has 0 aliphatic carbocycles. The predicted molar refractivity (Wildman–Crippen MR) is 140 cm³/mol. The van der Waals surface area contributed by atoms with Gasteiger partial charge in [0, 0.05) is 41.2 Å². The average molecular weight is 469 g/mol. The number of aromatic nitrogens is 3. The first kappa shape index (κ1) is 23.9. The first-order chi connectivity index (χ1) is 16.9. The summed E-state index contributed by atoms with van der Waals surface area (Å²) in [6, 6.07) is 24.2. The summed E-state index contributed by atoms with van der Waals surface area (Å²) in [7, 11) is 0. The lowest BCUT2D eigenvalue weighted by atomic mass is 10.0. The molecule has 7 nitrogen and oxygen atoms in total. The fourth-order valence-corrected chi connectivity index (χ4v) is 4.40. The van der Waals surface area contributed by atoms with Crippen molar-refractivity contribution >= 4 is 27.9 Å². The van der Waals surface area contributed by atoms with Crippen molar-refractivity contribution in [3.8, 4) is 22.4 Å². The van der Waals surface area contributed by atoms with Gasteiger partial charge in [-0.05, 0) is 37.6 Å². The van der Waals surface area contributed by atoms with E-state index in [-0.39, 0.29) is 5.56 Å². The molecular formula is C28H28N4O3. The van der Waals surface area contributed by atoms with E-state index in [1.807, 2.05) is 48.5 Å². The maximum Gasteiger partial charge on any atom is 0.300 e. The summed E-state index contributed by atoms with van der Waals surface area (Å²) in [5.41, 5.74) is 12.7. The molecule has 2 aromatic heterocycles. The molecule has 0 radical (unpaired) electrons. The van der Waals surface area contributed by atoms with Crippen LogP contribution in [0.2, 0.25) is 0 Å². The molecule has 5 aromatic rings. The number of carboxylic acids is 1. The molecule has 0 aliphatic rings. The van der Waals surface area contributed by atoms with Gasteiger partial charge < -0.3 is 20.4 Å². The molecule has 2 heterocycles. The van der Waals surface area contributed by atoms with E-state index in [9.17, 15) is 4.79 Å². The number of aromatic amines is 1. The zero-order valence-electron chi connectivity index (χ0n) is 19.8. The number of H-pyrrole nitrogens is 1. The summed E-state index contributed by atoms with van der Waals surface area (Å²) >= 11 is 0. The van der Waals surface area contributed by atoms with Crippen LogP contribution in [-0.2, 0) is 11.3 Å². The first-order valence-electron chi connectivity index (χ1n) is 11.5. The van der Waals surface area contributed by atoms with Gasteiger partial charge in [0.2, 0.25) is 0 Å². The van der Waals surface area contributed by atoms with Crippen LogP contribution in [0.15, 0.2) is 77.6 Å². The Balaban J connectivity index is 0.000000672. The molecule has 0 saturated carbocycles. The molecule has 35 heavy (non-hydrogen) atoms. The number of rotatable bonds is 5. The second kappa shape index (κ2) is 10.4. The second-order valence-electron chi connectivity index (χ2n) is 8.27. The third kappa shape index (κ3) is 4.85. The van der Waals surface area contributed by atoms with Gasteiger partial charge in [0.25, 0.3) is 11.5 Å². The zero-order chi connectivity index (χ0) is 24.9. The Morgan fingerprint density at radius 1 is 1.03 bits per heavy atom. The summed E-state index contributed by atoms with van der Waals surface area (Å²) in [5.74, 6) is -0.833. The Kier molecular flexibility index (Phi) is 7.08. The number of nitrogens with one attached hydrogen (secondary N) is 1. The Labute approximate surface area is 202 Å².